The highest BCUT2D eigenvalue weighted by molar-refractivity contribution is 7.25. The molecule has 3 heterocycles. The van der Waals surface area contributed by atoms with Gasteiger partial charge in [0.15, 0.2) is 5.82 Å². The summed E-state index contributed by atoms with van der Waals surface area (Å²) in [5.74, 6) is 2.44. The first-order valence-corrected chi connectivity index (χ1v) is 19.5. The SMILES string of the molecule is c1ccc2c(c1)Oc1ccccc1C21c2ccccc2-c2cccc(-c3nc(-c4ccc(-c5ccc6sc7ccccc7c6c5)cc4)c4ccccc4n3)c21. The van der Waals surface area contributed by atoms with Crippen molar-refractivity contribution >= 4 is 42.4 Å². The second-order valence-electron chi connectivity index (χ2n) is 14.4. The monoisotopic (exact) mass is 718 g/mol. The topological polar surface area (TPSA) is 35.0 Å². The van der Waals surface area contributed by atoms with E-state index in [2.05, 4.69) is 182 Å². The predicted octanol–water partition coefficient (Wildman–Crippen LogP) is 13.5. The van der Waals surface area contributed by atoms with E-state index in [1.54, 1.807) is 0 Å². The van der Waals surface area contributed by atoms with Crippen LogP contribution in [-0.2, 0) is 5.41 Å². The Labute approximate surface area is 321 Å². The molecular weight excluding hydrogens is 689 g/mol. The van der Waals surface area contributed by atoms with Crippen LogP contribution in [0.15, 0.2) is 182 Å². The second kappa shape index (κ2) is 11.6. The number of nitrogens with zero attached hydrogens (tertiary/aromatic N) is 2. The van der Waals surface area contributed by atoms with Gasteiger partial charge in [0.25, 0.3) is 0 Å². The van der Waals surface area contributed by atoms with Crippen LogP contribution in [0.3, 0.4) is 0 Å². The number of hydrogen-bond acceptors (Lipinski definition) is 4. The first-order valence-electron chi connectivity index (χ1n) is 18.7. The fraction of sp³-hybridized carbons (Fsp3) is 0.0196. The van der Waals surface area contributed by atoms with Crippen molar-refractivity contribution in [1.82, 2.24) is 9.97 Å². The zero-order valence-corrected chi connectivity index (χ0v) is 30.3. The van der Waals surface area contributed by atoms with Gasteiger partial charge in [-0.05, 0) is 69.8 Å². The van der Waals surface area contributed by atoms with Gasteiger partial charge in [-0.3, -0.25) is 0 Å². The second-order valence-corrected chi connectivity index (χ2v) is 15.5. The van der Waals surface area contributed by atoms with Crippen LogP contribution >= 0.6 is 11.3 Å². The molecule has 256 valence electrons. The third-order valence-corrected chi connectivity index (χ3v) is 12.7. The van der Waals surface area contributed by atoms with Gasteiger partial charge in [-0.2, -0.15) is 0 Å². The molecule has 2 aliphatic rings. The lowest BCUT2D eigenvalue weighted by atomic mass is 9.65. The number of benzene rings is 8. The summed E-state index contributed by atoms with van der Waals surface area (Å²) in [6.45, 7) is 0. The van der Waals surface area contributed by atoms with Crippen molar-refractivity contribution in [1.29, 1.82) is 0 Å². The average molecular weight is 719 g/mol. The Morgan fingerprint density at radius 1 is 0.418 bits per heavy atom. The fourth-order valence-corrected chi connectivity index (χ4v) is 10.3. The van der Waals surface area contributed by atoms with Gasteiger partial charge in [-0.1, -0.05) is 146 Å². The highest BCUT2D eigenvalue weighted by Gasteiger charge is 2.52. The third-order valence-electron chi connectivity index (χ3n) is 11.6. The summed E-state index contributed by atoms with van der Waals surface area (Å²) in [5, 5.41) is 3.64. The van der Waals surface area contributed by atoms with Crippen molar-refractivity contribution in [3.8, 4) is 56.4 Å². The quantitative estimate of drug-likeness (QED) is 0.182. The molecule has 0 radical (unpaired) electrons. The molecule has 0 unspecified atom stereocenters. The Morgan fingerprint density at radius 3 is 1.84 bits per heavy atom. The molecule has 55 heavy (non-hydrogen) atoms. The number of thiophene rings is 1. The minimum atomic E-state index is -0.625. The van der Waals surface area contributed by atoms with Crippen LogP contribution in [0.1, 0.15) is 22.3 Å². The Hall–Kier alpha value is -6.88. The van der Waals surface area contributed by atoms with Gasteiger partial charge < -0.3 is 4.74 Å². The van der Waals surface area contributed by atoms with Gasteiger partial charge in [-0.25, -0.2) is 9.97 Å². The van der Waals surface area contributed by atoms with Crippen LogP contribution < -0.4 is 4.74 Å². The van der Waals surface area contributed by atoms with Gasteiger partial charge in [0.05, 0.1) is 16.6 Å². The van der Waals surface area contributed by atoms with E-state index in [1.165, 1.54) is 53.6 Å². The first-order chi connectivity index (χ1) is 27.3. The van der Waals surface area contributed by atoms with E-state index < -0.39 is 5.41 Å². The van der Waals surface area contributed by atoms with Crippen molar-refractivity contribution < 1.29 is 4.74 Å². The van der Waals surface area contributed by atoms with Crippen LogP contribution in [0.4, 0.5) is 0 Å². The molecule has 0 fully saturated rings. The van der Waals surface area contributed by atoms with Crippen LogP contribution in [0.2, 0.25) is 0 Å². The number of rotatable bonds is 3. The molecule has 10 aromatic rings. The lowest BCUT2D eigenvalue weighted by Gasteiger charge is -2.40. The largest absolute Gasteiger partial charge is 0.457 e. The van der Waals surface area contributed by atoms with E-state index in [0.717, 1.165) is 50.3 Å². The van der Waals surface area contributed by atoms with E-state index in [0.29, 0.717) is 5.82 Å². The van der Waals surface area contributed by atoms with E-state index in [-0.39, 0.29) is 0 Å². The molecule has 2 aromatic heterocycles. The highest BCUT2D eigenvalue weighted by Crippen LogP contribution is 2.63. The summed E-state index contributed by atoms with van der Waals surface area (Å²) < 4.78 is 9.25. The van der Waals surface area contributed by atoms with E-state index in [4.69, 9.17) is 14.7 Å². The molecule has 0 N–H and O–H groups in total. The number of ether oxygens (including phenoxy) is 1. The fourth-order valence-electron chi connectivity index (χ4n) is 9.24. The number of para-hydroxylation sites is 3. The smallest absolute Gasteiger partial charge is 0.160 e. The van der Waals surface area contributed by atoms with Gasteiger partial charge in [0, 0.05) is 47.8 Å². The lowest BCUT2D eigenvalue weighted by molar-refractivity contribution is 0.436. The molecule has 8 aromatic carbocycles. The number of hydrogen-bond donors (Lipinski definition) is 0. The minimum Gasteiger partial charge on any atom is -0.457 e. The molecule has 0 bridgehead atoms. The molecule has 1 spiro atoms. The van der Waals surface area contributed by atoms with Crippen molar-refractivity contribution in [2.24, 2.45) is 0 Å². The molecule has 0 saturated carbocycles. The molecule has 1 aliphatic heterocycles. The van der Waals surface area contributed by atoms with Crippen LogP contribution in [0, 0.1) is 0 Å². The number of fused-ring (bicyclic) bond motifs is 13. The zero-order chi connectivity index (χ0) is 36.1. The van der Waals surface area contributed by atoms with Gasteiger partial charge in [0.1, 0.15) is 11.5 Å². The molecular formula is C51H30N2OS. The summed E-state index contributed by atoms with van der Waals surface area (Å²) in [4.78, 5) is 10.8. The molecule has 0 saturated heterocycles. The normalized spacial score (nSPS) is 13.4. The molecule has 12 rings (SSSR count). The van der Waals surface area contributed by atoms with Crippen molar-refractivity contribution in [3.05, 3.63) is 204 Å². The van der Waals surface area contributed by atoms with E-state index in [1.807, 2.05) is 11.3 Å². The molecule has 0 atom stereocenters. The maximum atomic E-state index is 6.62. The van der Waals surface area contributed by atoms with Crippen LogP contribution in [0.5, 0.6) is 11.5 Å². The summed E-state index contributed by atoms with van der Waals surface area (Å²) in [7, 11) is 0. The van der Waals surface area contributed by atoms with Crippen LogP contribution in [-0.4, -0.2) is 9.97 Å². The maximum Gasteiger partial charge on any atom is 0.160 e. The van der Waals surface area contributed by atoms with Crippen molar-refractivity contribution in [2.45, 2.75) is 5.41 Å². The number of aromatic nitrogens is 2. The molecule has 3 nitrogen and oxygen atoms in total. The van der Waals surface area contributed by atoms with Gasteiger partial charge in [-0.15, -0.1) is 11.3 Å². The Bertz CT molecular complexity index is 3150. The summed E-state index contributed by atoms with van der Waals surface area (Å²) in [5.41, 5.74) is 12.7. The molecule has 0 amide bonds. The lowest BCUT2D eigenvalue weighted by Crippen LogP contribution is -2.32. The summed E-state index contributed by atoms with van der Waals surface area (Å²) in [6.07, 6.45) is 0. The highest BCUT2D eigenvalue weighted by atomic mass is 32.1. The summed E-state index contributed by atoms with van der Waals surface area (Å²) >= 11 is 1.85. The maximum absolute atomic E-state index is 6.62. The average Bonchev–Trinajstić information content (AvgIpc) is 3.77. The van der Waals surface area contributed by atoms with Crippen molar-refractivity contribution in [2.75, 3.05) is 0 Å². The molecule has 4 heteroatoms. The Balaban J connectivity index is 1.06. The van der Waals surface area contributed by atoms with Crippen LogP contribution in [0.25, 0.3) is 76.0 Å². The van der Waals surface area contributed by atoms with Gasteiger partial charge >= 0.3 is 0 Å². The van der Waals surface area contributed by atoms with Crippen molar-refractivity contribution in [3.63, 3.8) is 0 Å². The zero-order valence-electron chi connectivity index (χ0n) is 29.5. The van der Waals surface area contributed by atoms with E-state index in [9.17, 15) is 0 Å². The Kier molecular flexibility index (Phi) is 6.42. The molecule has 1 aliphatic carbocycles. The van der Waals surface area contributed by atoms with E-state index >= 15 is 0 Å². The standard InChI is InChI=1S/C51H30N2OS/c1-4-17-40-34(12-1)36-15-11-16-38(48(36)51(40)41-18-5-8-21-44(41)54-45-22-9-6-19-42(45)51)50-52-43-20-7-2-14-37(43)49(53-50)32-26-24-31(25-27-32)33-28-29-47-39(30-33)35-13-3-10-23-46(35)55-47/h1-30H. The Morgan fingerprint density at radius 2 is 1.02 bits per heavy atom. The first kappa shape index (κ1) is 30.6. The summed E-state index contributed by atoms with van der Waals surface area (Å²) in [6, 6.07) is 65.2. The predicted molar refractivity (Wildman–Crippen MR) is 226 cm³/mol. The minimum absolute atomic E-state index is 0.625. The third kappa shape index (κ3) is 4.31. The van der Waals surface area contributed by atoms with Gasteiger partial charge in [0.2, 0.25) is 0 Å².